The molecule has 0 radical (unpaired) electrons. The molecule has 0 bridgehead atoms. The minimum absolute atomic E-state index is 0.584. The van der Waals surface area contributed by atoms with Gasteiger partial charge in [-0.25, -0.2) is 0 Å². The molecule has 6 heteroatoms. The van der Waals surface area contributed by atoms with Crippen molar-refractivity contribution < 1.29 is 0 Å². The van der Waals surface area contributed by atoms with Crippen LogP contribution in [0.5, 0.6) is 0 Å². The van der Waals surface area contributed by atoms with Gasteiger partial charge in [-0.2, -0.15) is 9.61 Å². The molecule has 0 saturated heterocycles. The number of hydrogen-bond acceptors (Lipinski definition) is 5. The van der Waals surface area contributed by atoms with Crippen LogP contribution < -0.4 is 5.73 Å². The second-order valence-electron chi connectivity index (χ2n) is 5.77. The molecular formula is C14H23N5S. The van der Waals surface area contributed by atoms with Crippen LogP contribution in [-0.2, 0) is 6.42 Å². The molecule has 20 heavy (non-hydrogen) atoms. The second-order valence-corrected chi connectivity index (χ2v) is 6.81. The fraction of sp³-hybridized carbons (Fsp3) is 0.786. The van der Waals surface area contributed by atoms with Crippen molar-refractivity contribution in [1.82, 2.24) is 19.8 Å². The Hall–Kier alpha value is -1.01. The van der Waals surface area contributed by atoms with Gasteiger partial charge in [0.15, 0.2) is 5.82 Å². The van der Waals surface area contributed by atoms with Crippen LogP contribution in [0, 0.1) is 5.92 Å². The van der Waals surface area contributed by atoms with Crippen molar-refractivity contribution >= 4 is 16.3 Å². The maximum Gasteiger partial charge on any atom is 0.234 e. The summed E-state index contributed by atoms with van der Waals surface area (Å²) < 4.78 is 1.98. The zero-order valence-corrected chi connectivity index (χ0v) is 12.9. The van der Waals surface area contributed by atoms with Crippen molar-refractivity contribution in [1.29, 1.82) is 0 Å². The van der Waals surface area contributed by atoms with Crippen molar-refractivity contribution in [2.45, 2.75) is 57.8 Å². The van der Waals surface area contributed by atoms with Crippen molar-refractivity contribution in [3.05, 3.63) is 10.8 Å². The maximum atomic E-state index is 5.66. The molecule has 0 aliphatic heterocycles. The first kappa shape index (κ1) is 13.9. The Kier molecular flexibility index (Phi) is 4.31. The summed E-state index contributed by atoms with van der Waals surface area (Å²) in [6, 6.07) is 0. The van der Waals surface area contributed by atoms with Crippen molar-refractivity contribution in [2.75, 3.05) is 6.54 Å². The first-order valence-corrected chi connectivity index (χ1v) is 8.54. The molecule has 3 rings (SSSR count). The average Bonchev–Trinajstić information content (AvgIpc) is 2.94. The third-order valence-electron chi connectivity index (χ3n) is 4.45. The second kappa shape index (κ2) is 6.18. The van der Waals surface area contributed by atoms with Crippen molar-refractivity contribution in [2.24, 2.45) is 11.7 Å². The molecule has 110 valence electrons. The summed E-state index contributed by atoms with van der Waals surface area (Å²) in [4.78, 5) is 0.953. The molecule has 2 aromatic rings. The van der Waals surface area contributed by atoms with Crippen LogP contribution in [0.3, 0.4) is 0 Å². The average molecular weight is 293 g/mol. The Bertz CT molecular complexity index is 557. The van der Waals surface area contributed by atoms with Gasteiger partial charge in [-0.1, -0.05) is 31.1 Å². The lowest BCUT2D eigenvalue weighted by molar-refractivity contribution is 0.394. The van der Waals surface area contributed by atoms with Gasteiger partial charge in [0.25, 0.3) is 0 Å². The predicted octanol–water partition coefficient (Wildman–Crippen LogP) is 2.76. The van der Waals surface area contributed by atoms with Crippen LogP contribution in [-0.4, -0.2) is 26.4 Å². The largest absolute Gasteiger partial charge is 0.330 e. The van der Waals surface area contributed by atoms with Gasteiger partial charge in [-0.15, -0.1) is 10.2 Å². The molecule has 1 unspecified atom stereocenters. The highest BCUT2D eigenvalue weighted by molar-refractivity contribution is 7.16. The normalized spacial score (nSPS) is 17.5. The molecule has 2 N–H and O–H groups in total. The van der Waals surface area contributed by atoms with Gasteiger partial charge in [0.05, 0.1) is 0 Å². The summed E-state index contributed by atoms with van der Waals surface area (Å²) >= 11 is 1.69. The number of nitrogens with zero attached hydrogens (tertiary/aromatic N) is 4. The fourth-order valence-corrected chi connectivity index (χ4v) is 3.67. The first-order chi connectivity index (χ1) is 9.81. The fourth-order valence-electron chi connectivity index (χ4n) is 2.81. The highest BCUT2D eigenvalue weighted by Gasteiger charge is 2.26. The highest BCUT2D eigenvalue weighted by Crippen LogP contribution is 2.35. The monoisotopic (exact) mass is 293 g/mol. The zero-order valence-electron chi connectivity index (χ0n) is 12.1. The van der Waals surface area contributed by atoms with E-state index in [-0.39, 0.29) is 0 Å². The van der Waals surface area contributed by atoms with Crippen molar-refractivity contribution in [3.8, 4) is 0 Å². The predicted molar refractivity (Wildman–Crippen MR) is 81.0 cm³/mol. The Morgan fingerprint density at radius 3 is 2.85 bits per heavy atom. The highest BCUT2D eigenvalue weighted by atomic mass is 32.1. The lowest BCUT2D eigenvalue weighted by atomic mass is 9.85. The molecule has 0 spiro atoms. The van der Waals surface area contributed by atoms with Gasteiger partial charge >= 0.3 is 0 Å². The van der Waals surface area contributed by atoms with E-state index in [1.165, 1.54) is 37.1 Å². The van der Waals surface area contributed by atoms with Gasteiger partial charge in [-0.3, -0.25) is 0 Å². The van der Waals surface area contributed by atoms with Crippen LogP contribution in [0.2, 0.25) is 0 Å². The summed E-state index contributed by atoms with van der Waals surface area (Å²) in [6.07, 6.45) is 8.33. The van der Waals surface area contributed by atoms with Crippen LogP contribution in [0.4, 0.5) is 0 Å². The molecule has 0 aromatic carbocycles. The smallest absolute Gasteiger partial charge is 0.234 e. The van der Waals surface area contributed by atoms with Crippen LogP contribution in [0.25, 0.3) is 4.96 Å². The molecule has 1 atom stereocenters. The minimum Gasteiger partial charge on any atom is -0.330 e. The maximum absolute atomic E-state index is 5.66. The Morgan fingerprint density at radius 1 is 1.35 bits per heavy atom. The van der Waals surface area contributed by atoms with Gasteiger partial charge in [-0.05, 0) is 38.1 Å². The van der Waals surface area contributed by atoms with Crippen LogP contribution in [0.1, 0.15) is 62.2 Å². The third kappa shape index (κ3) is 2.72. The summed E-state index contributed by atoms with van der Waals surface area (Å²) in [5, 5.41) is 14.5. The van der Waals surface area contributed by atoms with Gasteiger partial charge in [0.1, 0.15) is 5.01 Å². The molecule has 1 aliphatic carbocycles. The number of aromatic nitrogens is 4. The molecule has 2 heterocycles. The Balaban J connectivity index is 1.68. The molecule has 1 aliphatic rings. The molecule has 0 amide bonds. The summed E-state index contributed by atoms with van der Waals surface area (Å²) in [5.74, 6) is 2.38. The minimum atomic E-state index is 0.584. The van der Waals surface area contributed by atoms with E-state index in [1.807, 2.05) is 4.52 Å². The number of fused-ring (bicyclic) bond motifs is 1. The first-order valence-electron chi connectivity index (χ1n) is 7.73. The van der Waals surface area contributed by atoms with E-state index < -0.39 is 0 Å². The summed E-state index contributed by atoms with van der Waals surface area (Å²) in [5.41, 5.74) is 5.66. The molecule has 2 aromatic heterocycles. The molecule has 1 saturated carbocycles. The van der Waals surface area contributed by atoms with E-state index in [2.05, 4.69) is 17.1 Å². The van der Waals surface area contributed by atoms with E-state index in [9.17, 15) is 0 Å². The number of hydrogen-bond donors (Lipinski definition) is 1. The molecular weight excluding hydrogens is 270 g/mol. The van der Waals surface area contributed by atoms with E-state index in [0.29, 0.717) is 5.92 Å². The molecule has 5 nitrogen and oxygen atoms in total. The van der Waals surface area contributed by atoms with Crippen LogP contribution in [0.15, 0.2) is 0 Å². The summed E-state index contributed by atoms with van der Waals surface area (Å²) in [7, 11) is 0. The van der Waals surface area contributed by atoms with E-state index in [1.54, 1.807) is 11.3 Å². The topological polar surface area (TPSA) is 69.1 Å². The molecule has 1 fully saturated rings. The number of aryl methyl sites for hydroxylation is 1. The number of rotatable bonds is 7. The Morgan fingerprint density at radius 2 is 2.20 bits per heavy atom. The quantitative estimate of drug-likeness (QED) is 0.852. The van der Waals surface area contributed by atoms with Gasteiger partial charge < -0.3 is 5.73 Å². The SMILES string of the molecule is CCC(CCN)CCc1nn2c(C3CCC3)nnc2s1. The zero-order chi connectivity index (χ0) is 13.9. The standard InChI is InChI=1S/C14H23N5S/c1-2-10(8-9-15)6-7-12-18-19-13(11-4-3-5-11)16-17-14(19)20-12/h10-11H,2-9,15H2,1H3. The van der Waals surface area contributed by atoms with Gasteiger partial charge in [0, 0.05) is 12.3 Å². The van der Waals surface area contributed by atoms with E-state index >= 15 is 0 Å². The lowest BCUT2D eigenvalue weighted by Gasteiger charge is -2.22. The number of nitrogens with two attached hydrogens (primary N) is 1. The third-order valence-corrected chi connectivity index (χ3v) is 5.40. The van der Waals surface area contributed by atoms with E-state index in [0.717, 1.165) is 36.1 Å². The van der Waals surface area contributed by atoms with Gasteiger partial charge in [0.2, 0.25) is 4.96 Å². The Labute approximate surface area is 123 Å². The summed E-state index contributed by atoms with van der Waals surface area (Å²) in [6.45, 7) is 3.03. The van der Waals surface area contributed by atoms with E-state index in [4.69, 9.17) is 10.8 Å². The lowest BCUT2D eigenvalue weighted by Crippen LogP contribution is -2.13. The van der Waals surface area contributed by atoms with Crippen molar-refractivity contribution in [3.63, 3.8) is 0 Å². The van der Waals surface area contributed by atoms with Crippen LogP contribution >= 0.6 is 11.3 Å².